The predicted octanol–water partition coefficient (Wildman–Crippen LogP) is -6.34. The van der Waals surface area contributed by atoms with E-state index in [0.717, 1.165) is 0 Å². The molecule has 16 heteroatoms. The number of nitrogens with two attached hydrogens (primary N) is 5. The van der Waals surface area contributed by atoms with Crippen molar-refractivity contribution in [1.82, 2.24) is 0 Å². The molecule has 0 bridgehead atoms. The van der Waals surface area contributed by atoms with Gasteiger partial charge in [-0.15, -0.1) is 0 Å². The lowest BCUT2D eigenvalue weighted by Gasteiger charge is -2.48. The molecule has 2 heterocycles. The molecule has 15 atom stereocenters. The third-order valence-corrected chi connectivity index (χ3v) is 7.76. The number of aliphatic hydroxyl groups excluding tert-OH is 6. The monoisotopic (exact) mass is 567 g/mol. The van der Waals surface area contributed by atoms with E-state index in [1.165, 1.54) is 0 Å². The van der Waals surface area contributed by atoms with Crippen molar-refractivity contribution in [2.45, 2.75) is 111 Å². The number of hydrogen-bond donors (Lipinski definition) is 11. The van der Waals surface area contributed by atoms with E-state index >= 15 is 0 Å². The number of aliphatic hydroxyl groups is 6. The van der Waals surface area contributed by atoms with E-state index in [0.29, 0.717) is 0 Å². The summed E-state index contributed by atoms with van der Waals surface area (Å²) in [5.41, 5.74) is 29.5. The number of Topliss-reactive ketones (excluding diaryl/α,β-unsaturated/α-hetero) is 1. The quantitative estimate of drug-likeness (QED) is 0.111. The van der Waals surface area contributed by atoms with E-state index in [9.17, 15) is 35.4 Å². The van der Waals surface area contributed by atoms with E-state index in [1.807, 2.05) is 0 Å². The van der Waals surface area contributed by atoms with Gasteiger partial charge in [0.15, 0.2) is 18.4 Å². The highest BCUT2D eigenvalue weighted by atomic mass is 16.7. The minimum Gasteiger partial charge on any atom is -0.394 e. The molecule has 0 amide bonds. The summed E-state index contributed by atoms with van der Waals surface area (Å²) in [5.74, 6) is -1.30. The fraction of sp³-hybridized carbons (Fsp3) is 0.957. The molecule has 0 spiro atoms. The highest BCUT2D eigenvalue weighted by Crippen LogP contribution is 2.36. The first-order valence-corrected chi connectivity index (χ1v) is 13.3. The predicted molar refractivity (Wildman–Crippen MR) is 133 cm³/mol. The number of hydrogen-bond acceptors (Lipinski definition) is 16. The van der Waals surface area contributed by atoms with Gasteiger partial charge in [0.05, 0.1) is 37.0 Å². The smallest absolute Gasteiger partial charge is 0.186 e. The van der Waals surface area contributed by atoms with E-state index in [-0.39, 0.29) is 38.8 Å². The first kappa shape index (κ1) is 32.6. The Hall–Kier alpha value is -0.930. The van der Waals surface area contributed by atoms with Crippen LogP contribution in [0.5, 0.6) is 0 Å². The maximum atomic E-state index is 12.7. The number of ether oxygens (including phenoxy) is 4. The van der Waals surface area contributed by atoms with Gasteiger partial charge in [0.1, 0.15) is 36.6 Å². The molecule has 1 aliphatic carbocycles. The average molecular weight is 568 g/mol. The molecular formula is C23H45N5O11. The van der Waals surface area contributed by atoms with Crippen LogP contribution in [0.1, 0.15) is 25.7 Å². The minimum absolute atomic E-state index is 0.00308. The zero-order valence-corrected chi connectivity index (χ0v) is 21.7. The van der Waals surface area contributed by atoms with Crippen LogP contribution in [0.3, 0.4) is 0 Å². The van der Waals surface area contributed by atoms with Crippen LogP contribution in [0, 0.1) is 5.92 Å². The molecule has 1 saturated carbocycles. The summed E-state index contributed by atoms with van der Waals surface area (Å²) in [6.45, 7) is -0.535. The van der Waals surface area contributed by atoms with Crippen molar-refractivity contribution in [3.05, 3.63) is 0 Å². The summed E-state index contributed by atoms with van der Waals surface area (Å²) in [6, 6.07) is -2.84. The number of carbonyl (C=O) groups is 1. The first-order chi connectivity index (χ1) is 18.4. The van der Waals surface area contributed by atoms with Gasteiger partial charge in [-0.3, -0.25) is 4.79 Å². The van der Waals surface area contributed by atoms with E-state index in [2.05, 4.69) is 0 Å². The number of ketones is 1. The Morgan fingerprint density at radius 1 is 0.872 bits per heavy atom. The van der Waals surface area contributed by atoms with Crippen LogP contribution in [-0.4, -0.2) is 142 Å². The number of carbonyl (C=O) groups excluding carboxylic acids is 1. The average Bonchev–Trinajstić information content (AvgIpc) is 2.89. The molecule has 2 saturated heterocycles. The summed E-state index contributed by atoms with van der Waals surface area (Å²) >= 11 is 0. The fourth-order valence-electron chi connectivity index (χ4n) is 5.41. The molecule has 39 heavy (non-hydrogen) atoms. The lowest BCUT2D eigenvalue weighted by atomic mass is 9.76. The lowest BCUT2D eigenvalue weighted by molar-refractivity contribution is -0.319. The van der Waals surface area contributed by atoms with Crippen LogP contribution in [-0.2, 0) is 23.7 Å². The van der Waals surface area contributed by atoms with E-state index < -0.39 is 104 Å². The summed E-state index contributed by atoms with van der Waals surface area (Å²) in [5, 5.41) is 62.0. The van der Waals surface area contributed by atoms with Crippen molar-refractivity contribution in [2.75, 3.05) is 19.7 Å². The van der Waals surface area contributed by atoms with Crippen LogP contribution in [0.4, 0.5) is 0 Å². The maximum Gasteiger partial charge on any atom is 0.186 e. The third kappa shape index (κ3) is 7.48. The van der Waals surface area contributed by atoms with Crippen LogP contribution in [0.2, 0.25) is 0 Å². The molecule has 228 valence electrons. The van der Waals surface area contributed by atoms with Gasteiger partial charge in [-0.05, 0) is 31.7 Å². The normalized spacial score (nSPS) is 46.1. The molecule has 16 nitrogen and oxygen atoms in total. The van der Waals surface area contributed by atoms with Crippen LogP contribution in [0.15, 0.2) is 0 Å². The maximum absolute atomic E-state index is 12.7. The Balaban J connectivity index is 1.83. The molecule has 3 fully saturated rings. The molecular weight excluding hydrogens is 522 g/mol. The largest absolute Gasteiger partial charge is 0.394 e. The van der Waals surface area contributed by atoms with Crippen molar-refractivity contribution in [3.63, 3.8) is 0 Å². The lowest BCUT2D eigenvalue weighted by Crippen LogP contribution is -2.66. The van der Waals surface area contributed by atoms with Crippen molar-refractivity contribution in [3.8, 4) is 0 Å². The zero-order chi connectivity index (χ0) is 29.0. The zero-order valence-electron chi connectivity index (χ0n) is 21.7. The summed E-state index contributed by atoms with van der Waals surface area (Å²) in [7, 11) is 0. The fourth-order valence-corrected chi connectivity index (χ4v) is 5.41. The van der Waals surface area contributed by atoms with Gasteiger partial charge < -0.3 is 78.3 Å². The second kappa shape index (κ2) is 14.3. The van der Waals surface area contributed by atoms with Crippen molar-refractivity contribution >= 4 is 5.78 Å². The topological polar surface area (TPSA) is 305 Å². The first-order valence-electron chi connectivity index (χ1n) is 13.3. The van der Waals surface area contributed by atoms with Crippen LogP contribution in [0.25, 0.3) is 0 Å². The van der Waals surface area contributed by atoms with Gasteiger partial charge in [0.2, 0.25) is 0 Å². The van der Waals surface area contributed by atoms with Crippen molar-refractivity contribution in [1.29, 1.82) is 0 Å². The molecule has 16 N–H and O–H groups in total. The molecule has 3 rings (SSSR count). The van der Waals surface area contributed by atoms with Crippen molar-refractivity contribution in [2.24, 2.45) is 34.6 Å². The SMILES string of the molecule is NCC[C@H](O)C(=O)C[C@@H]1CC(N)[C@@H](O[C@H]2OC(CN)[C@@H](O)CC2N)[C@H](O)C1OC1O[C@H](CO)[C@@H](O)C(N)[C@H]1O. The molecule has 2 aliphatic heterocycles. The Morgan fingerprint density at radius 3 is 2.13 bits per heavy atom. The molecule has 0 aromatic carbocycles. The Kier molecular flexibility index (Phi) is 11.9. The molecule has 6 unspecified atom stereocenters. The molecule has 0 radical (unpaired) electrons. The van der Waals surface area contributed by atoms with Crippen LogP contribution >= 0.6 is 0 Å². The Labute approximate surface area is 226 Å². The summed E-state index contributed by atoms with van der Waals surface area (Å²) in [6.07, 6.45) is -13.5. The Bertz CT molecular complexity index is 785. The van der Waals surface area contributed by atoms with E-state index in [4.69, 9.17) is 47.6 Å². The minimum atomic E-state index is -1.55. The molecule has 0 aromatic rings. The summed E-state index contributed by atoms with van der Waals surface area (Å²) in [4.78, 5) is 12.7. The van der Waals surface area contributed by atoms with Crippen LogP contribution < -0.4 is 28.7 Å². The molecule has 0 aromatic heterocycles. The van der Waals surface area contributed by atoms with E-state index in [1.54, 1.807) is 0 Å². The standard InChI is InChI=1S/C23H45N5O11/c24-2-1-11(30)12(31)4-8-3-9(26)21(39-22-10(27)5-13(32)14(6-25)36-22)19(35)20(8)38-23-18(34)16(28)17(33)15(7-29)37-23/h8-11,13-23,29-30,32-35H,1-7,24-28H2/t8-,9?,10?,11-,13-,14?,15+,16?,17+,18+,19+,20?,21+,22+,23?/m0/s1. The second-order valence-electron chi connectivity index (χ2n) is 10.6. The highest BCUT2D eigenvalue weighted by molar-refractivity contribution is 5.83. The van der Waals surface area contributed by atoms with Gasteiger partial charge in [-0.25, -0.2) is 0 Å². The summed E-state index contributed by atoms with van der Waals surface area (Å²) < 4.78 is 23.2. The van der Waals surface area contributed by atoms with Gasteiger partial charge in [0.25, 0.3) is 0 Å². The highest BCUT2D eigenvalue weighted by Gasteiger charge is 2.51. The number of rotatable bonds is 11. The second-order valence-corrected chi connectivity index (χ2v) is 10.6. The Morgan fingerprint density at radius 2 is 1.51 bits per heavy atom. The van der Waals surface area contributed by atoms with Gasteiger partial charge in [0, 0.05) is 19.0 Å². The van der Waals surface area contributed by atoms with Gasteiger partial charge >= 0.3 is 0 Å². The van der Waals surface area contributed by atoms with Gasteiger partial charge in [-0.1, -0.05) is 0 Å². The molecule has 3 aliphatic rings. The van der Waals surface area contributed by atoms with Gasteiger partial charge in [-0.2, -0.15) is 0 Å². The van der Waals surface area contributed by atoms with Crippen molar-refractivity contribution < 1.29 is 54.4 Å². The third-order valence-electron chi connectivity index (χ3n) is 7.76.